The molecule has 168 valence electrons. The van der Waals surface area contributed by atoms with Crippen molar-refractivity contribution in [2.45, 2.75) is 13.5 Å². The quantitative estimate of drug-likeness (QED) is 0.154. The fourth-order valence-electron chi connectivity index (χ4n) is 3.13. The summed E-state index contributed by atoms with van der Waals surface area (Å²) < 4.78 is 28.5. The van der Waals surface area contributed by atoms with E-state index >= 15 is 0 Å². The molecule has 4 aromatic rings. The molecular weight excluding hydrogens is 554 g/mol. The molecule has 9 heteroatoms. The molecule has 0 saturated carbocycles. The molecule has 0 atom stereocenters. The van der Waals surface area contributed by atoms with Crippen LogP contribution in [-0.2, 0) is 6.61 Å². The summed E-state index contributed by atoms with van der Waals surface area (Å²) in [5.41, 5.74) is 2.16. The first kappa shape index (κ1) is 23.1. The summed E-state index contributed by atoms with van der Waals surface area (Å²) in [7, 11) is 0. The lowest BCUT2D eigenvalue weighted by Gasteiger charge is -2.15. The monoisotopic (exact) mass is 574 g/mol. The molecule has 0 aliphatic rings. The number of halogens is 2. The summed E-state index contributed by atoms with van der Waals surface area (Å²) in [6.07, 6.45) is 1.68. The molecule has 0 radical (unpaired) electrons. The first-order chi connectivity index (χ1) is 16.1. The molecule has 1 heterocycles. The van der Waals surface area contributed by atoms with Gasteiger partial charge in [-0.15, -0.1) is 0 Å². The minimum atomic E-state index is -0.305. The molecule has 3 aromatic carbocycles. The van der Waals surface area contributed by atoms with Crippen LogP contribution in [-0.4, -0.2) is 27.7 Å². The molecule has 0 aliphatic carbocycles. The SMILES string of the molecule is CCOc1cc(/C=N\n2c(-c3ccccc3)n[nH]c2=S)cc(I)c1OCc1ccccc1F. The second-order valence-electron chi connectivity index (χ2n) is 6.92. The molecule has 0 spiro atoms. The van der Waals surface area contributed by atoms with Gasteiger partial charge in [-0.25, -0.2) is 9.49 Å². The van der Waals surface area contributed by atoms with Crippen molar-refractivity contribution in [3.05, 3.63) is 92.0 Å². The highest BCUT2D eigenvalue weighted by molar-refractivity contribution is 14.1. The van der Waals surface area contributed by atoms with E-state index in [-0.39, 0.29) is 12.4 Å². The van der Waals surface area contributed by atoms with Gasteiger partial charge in [-0.05, 0) is 65.5 Å². The maximum Gasteiger partial charge on any atom is 0.216 e. The number of hydrogen-bond acceptors (Lipinski definition) is 5. The van der Waals surface area contributed by atoms with Gasteiger partial charge < -0.3 is 9.47 Å². The van der Waals surface area contributed by atoms with Gasteiger partial charge in [0.05, 0.1) is 16.4 Å². The van der Waals surface area contributed by atoms with Gasteiger partial charge in [-0.3, -0.25) is 0 Å². The number of rotatable bonds is 8. The van der Waals surface area contributed by atoms with Gasteiger partial charge in [-0.1, -0.05) is 48.5 Å². The zero-order valence-electron chi connectivity index (χ0n) is 17.7. The van der Waals surface area contributed by atoms with Crippen LogP contribution in [0.1, 0.15) is 18.1 Å². The summed E-state index contributed by atoms with van der Waals surface area (Å²) in [4.78, 5) is 0. The minimum absolute atomic E-state index is 0.0980. The number of hydrogen-bond donors (Lipinski definition) is 1. The van der Waals surface area contributed by atoms with Crippen LogP contribution in [0.25, 0.3) is 11.4 Å². The second kappa shape index (κ2) is 10.7. The van der Waals surface area contributed by atoms with Crippen molar-refractivity contribution in [2.24, 2.45) is 5.10 Å². The third kappa shape index (κ3) is 5.48. The number of benzene rings is 3. The molecule has 0 saturated heterocycles. The van der Waals surface area contributed by atoms with E-state index in [0.717, 1.165) is 14.7 Å². The topological polar surface area (TPSA) is 64.4 Å². The summed E-state index contributed by atoms with van der Waals surface area (Å²) in [6.45, 7) is 2.45. The Morgan fingerprint density at radius 3 is 2.64 bits per heavy atom. The number of aromatic nitrogens is 3. The van der Waals surface area contributed by atoms with Gasteiger partial charge in [0.2, 0.25) is 4.77 Å². The zero-order valence-corrected chi connectivity index (χ0v) is 20.6. The van der Waals surface area contributed by atoms with Gasteiger partial charge >= 0.3 is 0 Å². The maximum absolute atomic E-state index is 14.0. The Balaban J connectivity index is 1.62. The van der Waals surface area contributed by atoms with Crippen LogP contribution in [0.4, 0.5) is 4.39 Å². The minimum Gasteiger partial charge on any atom is -0.490 e. The van der Waals surface area contributed by atoms with Crippen molar-refractivity contribution in [2.75, 3.05) is 6.61 Å². The van der Waals surface area contributed by atoms with Gasteiger partial charge in [-0.2, -0.15) is 14.9 Å². The third-order valence-corrected chi connectivity index (χ3v) is 5.73. The lowest BCUT2D eigenvalue weighted by molar-refractivity contribution is 0.264. The average Bonchev–Trinajstić information content (AvgIpc) is 3.19. The Bertz CT molecular complexity index is 1340. The van der Waals surface area contributed by atoms with E-state index in [1.54, 1.807) is 29.1 Å². The van der Waals surface area contributed by atoms with Crippen molar-refractivity contribution >= 4 is 41.0 Å². The van der Waals surface area contributed by atoms with Crippen LogP contribution < -0.4 is 9.47 Å². The van der Waals surface area contributed by atoms with Crippen molar-refractivity contribution in [3.8, 4) is 22.9 Å². The Kier molecular flexibility index (Phi) is 7.50. The van der Waals surface area contributed by atoms with Gasteiger partial charge in [0.25, 0.3) is 0 Å². The van der Waals surface area contributed by atoms with E-state index in [1.807, 2.05) is 49.4 Å². The summed E-state index contributed by atoms with van der Waals surface area (Å²) in [6, 6.07) is 20.0. The number of aromatic amines is 1. The molecule has 0 unspecified atom stereocenters. The molecule has 6 nitrogen and oxygen atoms in total. The Hall–Kier alpha value is -3.05. The normalized spacial score (nSPS) is 11.1. The van der Waals surface area contributed by atoms with Crippen LogP contribution in [0, 0.1) is 14.2 Å². The lowest BCUT2D eigenvalue weighted by atomic mass is 10.2. The number of nitrogens with one attached hydrogen (secondary N) is 1. The molecule has 1 N–H and O–H groups in total. The Morgan fingerprint density at radius 1 is 1.12 bits per heavy atom. The molecular formula is C24H20FIN4O2S. The molecule has 0 amide bonds. The van der Waals surface area contributed by atoms with E-state index in [9.17, 15) is 4.39 Å². The predicted octanol–water partition coefficient (Wildman–Crippen LogP) is 6.21. The average molecular weight is 574 g/mol. The number of ether oxygens (including phenoxy) is 2. The van der Waals surface area contributed by atoms with Crippen molar-refractivity contribution in [3.63, 3.8) is 0 Å². The van der Waals surface area contributed by atoms with Crippen molar-refractivity contribution < 1.29 is 13.9 Å². The molecule has 1 aromatic heterocycles. The first-order valence-corrected chi connectivity index (χ1v) is 11.6. The third-order valence-electron chi connectivity index (χ3n) is 4.67. The molecule has 0 fully saturated rings. The molecule has 33 heavy (non-hydrogen) atoms. The molecule has 0 bridgehead atoms. The fourth-order valence-corrected chi connectivity index (χ4v) is 4.09. The van der Waals surface area contributed by atoms with Gasteiger partial charge in [0.15, 0.2) is 17.3 Å². The predicted molar refractivity (Wildman–Crippen MR) is 137 cm³/mol. The number of nitrogens with zero attached hydrogens (tertiary/aromatic N) is 3. The van der Waals surface area contributed by atoms with E-state index in [4.69, 9.17) is 21.7 Å². The highest BCUT2D eigenvalue weighted by atomic mass is 127. The van der Waals surface area contributed by atoms with Gasteiger partial charge in [0.1, 0.15) is 12.4 Å². The van der Waals surface area contributed by atoms with E-state index in [2.05, 4.69) is 37.9 Å². The van der Waals surface area contributed by atoms with Crippen molar-refractivity contribution in [1.29, 1.82) is 0 Å². The zero-order chi connectivity index (χ0) is 23.2. The lowest BCUT2D eigenvalue weighted by Crippen LogP contribution is -2.04. The summed E-state index contributed by atoms with van der Waals surface area (Å²) >= 11 is 7.52. The second-order valence-corrected chi connectivity index (χ2v) is 8.47. The van der Waals surface area contributed by atoms with Crippen LogP contribution in [0.2, 0.25) is 0 Å². The van der Waals surface area contributed by atoms with Crippen molar-refractivity contribution in [1.82, 2.24) is 14.9 Å². The smallest absolute Gasteiger partial charge is 0.216 e. The van der Waals surface area contributed by atoms with Crippen LogP contribution in [0.5, 0.6) is 11.5 Å². The summed E-state index contributed by atoms with van der Waals surface area (Å²) in [5.74, 6) is 1.42. The fraction of sp³-hybridized carbons (Fsp3) is 0.125. The largest absolute Gasteiger partial charge is 0.490 e. The van der Waals surface area contributed by atoms with E-state index in [0.29, 0.717) is 34.3 Å². The highest BCUT2D eigenvalue weighted by Gasteiger charge is 2.14. The Labute approximate surface area is 209 Å². The van der Waals surface area contributed by atoms with Crippen LogP contribution >= 0.6 is 34.8 Å². The number of H-pyrrole nitrogens is 1. The maximum atomic E-state index is 14.0. The van der Waals surface area contributed by atoms with Crippen LogP contribution in [0.3, 0.4) is 0 Å². The Morgan fingerprint density at radius 2 is 1.88 bits per heavy atom. The van der Waals surface area contributed by atoms with Crippen LogP contribution in [0.15, 0.2) is 71.8 Å². The van der Waals surface area contributed by atoms with Gasteiger partial charge in [0, 0.05) is 11.1 Å². The highest BCUT2D eigenvalue weighted by Crippen LogP contribution is 2.34. The standard InChI is InChI=1S/C24H20FIN4O2S/c1-2-31-21-13-16(12-20(26)22(21)32-15-18-10-6-7-11-19(18)25)14-27-30-23(28-29-24(30)33)17-8-4-3-5-9-17/h3-14H,2,15H2,1H3,(H,29,33)/b27-14-. The van der Waals surface area contributed by atoms with E-state index < -0.39 is 0 Å². The molecule has 0 aliphatic heterocycles. The first-order valence-electron chi connectivity index (χ1n) is 10.2. The van der Waals surface area contributed by atoms with E-state index in [1.165, 1.54) is 6.07 Å². The molecule has 4 rings (SSSR count). The summed E-state index contributed by atoms with van der Waals surface area (Å²) in [5, 5.41) is 11.6.